The summed E-state index contributed by atoms with van der Waals surface area (Å²) in [5.41, 5.74) is 0.501. The van der Waals surface area contributed by atoms with Gasteiger partial charge < -0.3 is 10.6 Å². The fourth-order valence-corrected chi connectivity index (χ4v) is 3.99. The number of nitrogens with one attached hydrogen (secondary N) is 2. The number of carbonyl (C=O) groups is 2. The zero-order valence-corrected chi connectivity index (χ0v) is 15.6. The molecule has 1 saturated carbocycles. The molecule has 25 heavy (non-hydrogen) atoms. The van der Waals surface area contributed by atoms with Gasteiger partial charge in [0.2, 0.25) is 11.8 Å². The van der Waals surface area contributed by atoms with E-state index < -0.39 is 0 Å². The molecule has 0 radical (unpaired) electrons. The molecule has 2 N–H and O–H groups in total. The van der Waals surface area contributed by atoms with Gasteiger partial charge in [-0.1, -0.05) is 36.0 Å². The number of nitrogens with zero attached hydrogens (tertiary/aromatic N) is 1. The van der Waals surface area contributed by atoms with E-state index in [9.17, 15) is 9.59 Å². The van der Waals surface area contributed by atoms with Crippen molar-refractivity contribution >= 4 is 40.7 Å². The molecular weight excluding hydrogens is 361 g/mol. The summed E-state index contributed by atoms with van der Waals surface area (Å²) in [6.07, 6.45) is 6.12. The number of hydrogen-bond acceptors (Lipinski definition) is 3. The molecule has 1 aliphatic carbocycles. The van der Waals surface area contributed by atoms with E-state index in [0.717, 1.165) is 32.2 Å². The third-order valence-corrected chi connectivity index (χ3v) is 5.48. The van der Waals surface area contributed by atoms with Crippen molar-refractivity contribution in [1.82, 2.24) is 10.2 Å². The SMILES string of the molecule is O=C(CN1CCC[C@H]1C(=O)Nc1cc(Cl)ccc1Cl)NC1CCCC1. The fourth-order valence-electron chi connectivity index (χ4n) is 3.65. The van der Waals surface area contributed by atoms with E-state index in [1.165, 1.54) is 12.8 Å². The Morgan fingerprint density at radius 3 is 2.64 bits per heavy atom. The van der Waals surface area contributed by atoms with Gasteiger partial charge in [-0.25, -0.2) is 0 Å². The van der Waals surface area contributed by atoms with E-state index in [-0.39, 0.29) is 24.4 Å². The van der Waals surface area contributed by atoms with Crippen LogP contribution in [0.1, 0.15) is 38.5 Å². The van der Waals surface area contributed by atoms with Crippen molar-refractivity contribution < 1.29 is 9.59 Å². The molecule has 1 aromatic rings. The van der Waals surface area contributed by atoms with E-state index in [2.05, 4.69) is 10.6 Å². The van der Waals surface area contributed by atoms with Crippen molar-refractivity contribution in [2.75, 3.05) is 18.4 Å². The molecule has 2 fully saturated rings. The number of rotatable bonds is 5. The third-order valence-electron chi connectivity index (χ3n) is 4.92. The lowest BCUT2D eigenvalue weighted by Gasteiger charge is -2.24. The van der Waals surface area contributed by atoms with Crippen molar-refractivity contribution in [3.63, 3.8) is 0 Å². The molecule has 5 nitrogen and oxygen atoms in total. The minimum Gasteiger partial charge on any atom is -0.352 e. The molecule has 0 spiro atoms. The number of anilines is 1. The fraction of sp³-hybridized carbons (Fsp3) is 0.556. The molecule has 1 aliphatic heterocycles. The number of halogens is 2. The minimum atomic E-state index is -0.315. The summed E-state index contributed by atoms with van der Waals surface area (Å²) in [6, 6.07) is 4.95. The molecular formula is C18H23Cl2N3O2. The number of likely N-dealkylation sites (tertiary alicyclic amines) is 1. The van der Waals surface area contributed by atoms with Crippen LogP contribution in [-0.4, -0.2) is 41.9 Å². The number of hydrogen-bond donors (Lipinski definition) is 2. The van der Waals surface area contributed by atoms with E-state index in [4.69, 9.17) is 23.2 Å². The predicted octanol–water partition coefficient (Wildman–Crippen LogP) is 3.46. The maximum atomic E-state index is 12.6. The molecule has 2 aliphatic rings. The van der Waals surface area contributed by atoms with Crippen LogP contribution >= 0.6 is 23.2 Å². The molecule has 1 atom stereocenters. The molecule has 0 aromatic heterocycles. The Morgan fingerprint density at radius 2 is 1.88 bits per heavy atom. The molecule has 7 heteroatoms. The first-order valence-corrected chi connectivity index (χ1v) is 9.58. The Morgan fingerprint density at radius 1 is 1.12 bits per heavy atom. The second kappa shape index (κ2) is 8.39. The first-order valence-electron chi connectivity index (χ1n) is 8.82. The van der Waals surface area contributed by atoms with Gasteiger partial charge in [-0.2, -0.15) is 0 Å². The van der Waals surface area contributed by atoms with Gasteiger partial charge in [0.15, 0.2) is 0 Å². The highest BCUT2D eigenvalue weighted by Gasteiger charge is 2.32. The van der Waals surface area contributed by atoms with Gasteiger partial charge in [-0.15, -0.1) is 0 Å². The van der Waals surface area contributed by atoms with E-state index >= 15 is 0 Å². The smallest absolute Gasteiger partial charge is 0.241 e. The van der Waals surface area contributed by atoms with Crippen LogP contribution in [0, 0.1) is 0 Å². The Labute approximate surface area is 158 Å². The lowest BCUT2D eigenvalue weighted by atomic mass is 10.2. The van der Waals surface area contributed by atoms with Crippen molar-refractivity contribution in [3.05, 3.63) is 28.2 Å². The van der Waals surface area contributed by atoms with Gasteiger partial charge >= 0.3 is 0 Å². The summed E-state index contributed by atoms with van der Waals surface area (Å²) in [5, 5.41) is 6.88. The standard InChI is InChI=1S/C18H23Cl2N3O2/c19-12-7-8-14(20)15(10-12)22-18(25)16-6-3-9-23(16)11-17(24)21-13-4-1-2-5-13/h7-8,10,13,16H,1-6,9,11H2,(H,21,24)(H,22,25)/t16-/m0/s1. The minimum absolute atomic E-state index is 0.00684. The van der Waals surface area contributed by atoms with Gasteiger partial charge in [-0.05, 0) is 50.4 Å². The van der Waals surface area contributed by atoms with Gasteiger partial charge in [-0.3, -0.25) is 14.5 Å². The topological polar surface area (TPSA) is 61.4 Å². The van der Waals surface area contributed by atoms with Crippen LogP contribution in [0.15, 0.2) is 18.2 Å². The monoisotopic (exact) mass is 383 g/mol. The van der Waals surface area contributed by atoms with Crippen molar-refractivity contribution in [3.8, 4) is 0 Å². The summed E-state index contributed by atoms with van der Waals surface area (Å²) < 4.78 is 0. The summed E-state index contributed by atoms with van der Waals surface area (Å²) in [4.78, 5) is 26.8. The average Bonchev–Trinajstić information content (AvgIpc) is 3.22. The van der Waals surface area contributed by atoms with Crippen LogP contribution in [0.4, 0.5) is 5.69 Å². The second-order valence-electron chi connectivity index (χ2n) is 6.79. The highest BCUT2D eigenvalue weighted by atomic mass is 35.5. The zero-order valence-electron chi connectivity index (χ0n) is 14.1. The highest BCUT2D eigenvalue weighted by Crippen LogP contribution is 2.27. The summed E-state index contributed by atoms with van der Waals surface area (Å²) >= 11 is 12.1. The van der Waals surface area contributed by atoms with E-state index in [1.807, 2.05) is 4.90 Å². The summed E-state index contributed by atoms with van der Waals surface area (Å²) in [7, 11) is 0. The summed E-state index contributed by atoms with van der Waals surface area (Å²) in [6.45, 7) is 1.01. The van der Waals surface area contributed by atoms with Crippen molar-refractivity contribution in [2.45, 2.75) is 50.6 Å². The maximum Gasteiger partial charge on any atom is 0.241 e. The molecule has 0 unspecified atom stereocenters. The van der Waals surface area contributed by atoms with Gasteiger partial charge in [0.1, 0.15) is 0 Å². The lowest BCUT2D eigenvalue weighted by Crippen LogP contribution is -2.46. The average molecular weight is 384 g/mol. The normalized spacial score (nSPS) is 21.4. The molecule has 136 valence electrons. The summed E-state index contributed by atoms with van der Waals surface area (Å²) in [5.74, 6) is -0.136. The Bertz CT molecular complexity index is 647. The molecule has 1 heterocycles. The van der Waals surface area contributed by atoms with E-state index in [0.29, 0.717) is 21.8 Å². The van der Waals surface area contributed by atoms with Crippen LogP contribution in [-0.2, 0) is 9.59 Å². The van der Waals surface area contributed by atoms with Crippen LogP contribution in [0.2, 0.25) is 10.0 Å². The quantitative estimate of drug-likeness (QED) is 0.818. The van der Waals surface area contributed by atoms with Crippen LogP contribution in [0.5, 0.6) is 0 Å². The Kier molecular flexibility index (Phi) is 6.20. The third kappa shape index (κ3) is 4.87. The van der Waals surface area contributed by atoms with Crippen molar-refractivity contribution in [2.24, 2.45) is 0 Å². The molecule has 1 saturated heterocycles. The van der Waals surface area contributed by atoms with Crippen molar-refractivity contribution in [1.29, 1.82) is 0 Å². The Balaban J connectivity index is 1.57. The van der Waals surface area contributed by atoms with Gasteiger partial charge in [0.05, 0.1) is 23.3 Å². The number of carbonyl (C=O) groups excluding carboxylic acids is 2. The van der Waals surface area contributed by atoms with Crippen LogP contribution in [0.25, 0.3) is 0 Å². The predicted molar refractivity (Wildman–Crippen MR) is 100 cm³/mol. The zero-order chi connectivity index (χ0) is 17.8. The lowest BCUT2D eigenvalue weighted by molar-refractivity contribution is -0.125. The molecule has 2 amide bonds. The first-order chi connectivity index (χ1) is 12.0. The van der Waals surface area contributed by atoms with Gasteiger partial charge in [0.25, 0.3) is 0 Å². The highest BCUT2D eigenvalue weighted by molar-refractivity contribution is 6.35. The first kappa shape index (κ1) is 18.5. The largest absolute Gasteiger partial charge is 0.352 e. The van der Waals surface area contributed by atoms with Gasteiger partial charge in [0, 0.05) is 11.1 Å². The molecule has 3 rings (SSSR count). The maximum absolute atomic E-state index is 12.6. The number of amides is 2. The van der Waals surface area contributed by atoms with Crippen LogP contribution in [0.3, 0.4) is 0 Å². The van der Waals surface area contributed by atoms with E-state index in [1.54, 1.807) is 18.2 Å². The molecule has 0 bridgehead atoms. The molecule has 1 aromatic carbocycles. The second-order valence-corrected chi connectivity index (χ2v) is 7.63. The number of benzene rings is 1. The Hall–Kier alpha value is -1.30. The van der Waals surface area contributed by atoms with Crippen LogP contribution < -0.4 is 10.6 Å².